The van der Waals surface area contributed by atoms with Crippen molar-refractivity contribution in [2.24, 2.45) is 0 Å². The van der Waals surface area contributed by atoms with E-state index >= 15 is 0 Å². The average molecular weight is 351 g/mol. The van der Waals surface area contributed by atoms with Gasteiger partial charge in [0.2, 0.25) is 0 Å². The Bertz CT molecular complexity index is 881. The minimum atomic E-state index is -0.0385. The number of thiophene rings is 1. The van der Waals surface area contributed by atoms with Gasteiger partial charge in [0, 0.05) is 30.1 Å². The molecule has 0 radical (unpaired) electrons. The molecule has 0 aliphatic carbocycles. The van der Waals surface area contributed by atoms with Crippen LogP contribution in [0.15, 0.2) is 58.0 Å². The van der Waals surface area contributed by atoms with Crippen molar-refractivity contribution in [1.82, 2.24) is 9.78 Å². The van der Waals surface area contributed by atoms with E-state index in [9.17, 15) is 4.79 Å². The van der Waals surface area contributed by atoms with Crippen molar-refractivity contribution in [2.75, 3.05) is 18.0 Å². The number of nitrogens with zero attached hydrogens (tertiary/aromatic N) is 3. The summed E-state index contributed by atoms with van der Waals surface area (Å²) in [4.78, 5) is 15.0. The predicted octanol–water partition coefficient (Wildman–Crippen LogP) is 4.01. The molecule has 1 aromatic carbocycles. The number of anilines is 1. The van der Waals surface area contributed by atoms with E-state index in [0.717, 1.165) is 35.6 Å². The summed E-state index contributed by atoms with van der Waals surface area (Å²) in [5, 5.41) is 8.92. The molecule has 1 fully saturated rings. The molecule has 0 spiro atoms. The zero-order valence-electron chi connectivity index (χ0n) is 14.1. The monoisotopic (exact) mass is 351 g/mol. The zero-order valence-corrected chi connectivity index (χ0v) is 14.9. The van der Waals surface area contributed by atoms with Gasteiger partial charge in [0.1, 0.15) is 5.69 Å². The lowest BCUT2D eigenvalue weighted by molar-refractivity contribution is 0.572. The molecule has 4 rings (SSSR count). The van der Waals surface area contributed by atoms with E-state index in [2.05, 4.69) is 21.7 Å². The third-order valence-electron chi connectivity index (χ3n) is 4.64. The van der Waals surface area contributed by atoms with E-state index in [1.165, 1.54) is 19.3 Å². The molecule has 1 saturated heterocycles. The van der Waals surface area contributed by atoms with Gasteiger partial charge in [0.15, 0.2) is 0 Å². The van der Waals surface area contributed by atoms with E-state index in [1.807, 2.05) is 30.3 Å². The molecule has 0 atom stereocenters. The van der Waals surface area contributed by atoms with Gasteiger partial charge < -0.3 is 4.90 Å². The molecule has 25 heavy (non-hydrogen) atoms. The summed E-state index contributed by atoms with van der Waals surface area (Å²) < 4.78 is 1.58. The Morgan fingerprint density at radius 3 is 2.56 bits per heavy atom. The minimum absolute atomic E-state index is 0.0385. The maximum Gasteiger partial charge on any atom is 0.269 e. The van der Waals surface area contributed by atoms with Crippen molar-refractivity contribution in [3.05, 3.63) is 69.1 Å². The Hall–Kier alpha value is -2.40. The highest BCUT2D eigenvalue weighted by molar-refractivity contribution is 7.08. The normalized spacial score (nSPS) is 14.6. The Kier molecular flexibility index (Phi) is 4.65. The molecular weight excluding hydrogens is 330 g/mol. The first-order valence-corrected chi connectivity index (χ1v) is 9.69. The molecular formula is C20H21N3OS. The summed E-state index contributed by atoms with van der Waals surface area (Å²) in [7, 11) is 0. The van der Waals surface area contributed by atoms with Gasteiger partial charge in [-0.3, -0.25) is 4.79 Å². The highest BCUT2D eigenvalue weighted by Crippen LogP contribution is 2.30. The first-order chi connectivity index (χ1) is 12.3. The molecule has 2 aromatic heterocycles. The maximum absolute atomic E-state index is 12.7. The number of hydrogen-bond donors (Lipinski definition) is 0. The summed E-state index contributed by atoms with van der Waals surface area (Å²) in [6.07, 6.45) is 3.62. The van der Waals surface area contributed by atoms with Gasteiger partial charge in [-0.05, 0) is 36.3 Å². The second-order valence-corrected chi connectivity index (χ2v) is 7.20. The van der Waals surface area contributed by atoms with E-state index in [-0.39, 0.29) is 5.56 Å². The highest BCUT2D eigenvalue weighted by atomic mass is 32.1. The Morgan fingerprint density at radius 2 is 1.84 bits per heavy atom. The van der Waals surface area contributed by atoms with Crippen molar-refractivity contribution in [3.8, 4) is 11.3 Å². The lowest BCUT2D eigenvalue weighted by Crippen LogP contribution is -2.33. The van der Waals surface area contributed by atoms with Gasteiger partial charge in [-0.1, -0.05) is 30.3 Å². The van der Waals surface area contributed by atoms with Crippen molar-refractivity contribution in [3.63, 3.8) is 0 Å². The van der Waals surface area contributed by atoms with Crippen LogP contribution in [0.4, 0.5) is 5.69 Å². The summed E-state index contributed by atoms with van der Waals surface area (Å²) >= 11 is 1.66. The molecule has 4 nitrogen and oxygen atoms in total. The summed E-state index contributed by atoms with van der Waals surface area (Å²) in [6, 6.07) is 13.9. The van der Waals surface area contributed by atoms with Crippen LogP contribution in [0.5, 0.6) is 0 Å². The van der Waals surface area contributed by atoms with Crippen LogP contribution in [0.2, 0.25) is 0 Å². The first-order valence-electron chi connectivity index (χ1n) is 8.75. The van der Waals surface area contributed by atoms with Crippen LogP contribution in [0.3, 0.4) is 0 Å². The van der Waals surface area contributed by atoms with Crippen LogP contribution in [0, 0.1) is 0 Å². The van der Waals surface area contributed by atoms with Gasteiger partial charge in [-0.15, -0.1) is 0 Å². The third kappa shape index (κ3) is 3.51. The summed E-state index contributed by atoms with van der Waals surface area (Å²) in [5.74, 6) is 0. The molecule has 5 heteroatoms. The first kappa shape index (κ1) is 16.1. The Balaban J connectivity index is 1.77. The smallest absolute Gasteiger partial charge is 0.269 e. The minimum Gasteiger partial charge on any atom is -0.370 e. The lowest BCUT2D eigenvalue weighted by atomic mass is 10.1. The van der Waals surface area contributed by atoms with Gasteiger partial charge in [0.25, 0.3) is 5.56 Å². The van der Waals surface area contributed by atoms with Crippen molar-refractivity contribution in [2.45, 2.75) is 25.8 Å². The van der Waals surface area contributed by atoms with Crippen molar-refractivity contribution >= 4 is 17.0 Å². The largest absolute Gasteiger partial charge is 0.370 e. The van der Waals surface area contributed by atoms with Crippen LogP contribution in [0.25, 0.3) is 11.3 Å². The third-order valence-corrected chi connectivity index (χ3v) is 5.33. The van der Waals surface area contributed by atoms with Gasteiger partial charge >= 0.3 is 0 Å². The second kappa shape index (κ2) is 7.23. The number of rotatable bonds is 4. The predicted molar refractivity (Wildman–Crippen MR) is 103 cm³/mol. The number of benzene rings is 1. The van der Waals surface area contributed by atoms with Gasteiger partial charge in [0.05, 0.1) is 12.2 Å². The standard InChI is InChI=1S/C20H21N3OS/c24-19-13-18(22-10-5-2-6-11-22)20(17-9-12-25-15-17)21-23(19)14-16-7-3-1-4-8-16/h1,3-4,7-9,12-13,15H,2,5-6,10-11,14H2. The molecule has 0 saturated carbocycles. The molecule has 1 aliphatic heterocycles. The molecule has 1 aliphatic rings. The number of aromatic nitrogens is 2. The molecule has 128 valence electrons. The topological polar surface area (TPSA) is 38.1 Å². The fraction of sp³-hybridized carbons (Fsp3) is 0.300. The van der Waals surface area contributed by atoms with Crippen LogP contribution in [-0.2, 0) is 6.54 Å². The quantitative estimate of drug-likeness (QED) is 0.713. The fourth-order valence-electron chi connectivity index (χ4n) is 3.33. The Labute approximate surface area is 151 Å². The van der Waals surface area contributed by atoms with Crippen LogP contribution in [-0.4, -0.2) is 22.9 Å². The number of hydrogen-bond acceptors (Lipinski definition) is 4. The zero-order chi connectivity index (χ0) is 17.1. The van der Waals surface area contributed by atoms with Crippen molar-refractivity contribution in [1.29, 1.82) is 0 Å². The molecule has 3 heterocycles. The second-order valence-electron chi connectivity index (χ2n) is 6.42. The SMILES string of the molecule is O=c1cc(N2CCCCC2)c(-c2ccsc2)nn1Cc1ccccc1. The molecule has 0 unspecified atom stereocenters. The van der Waals surface area contributed by atoms with Crippen LogP contribution < -0.4 is 10.5 Å². The van der Waals surface area contributed by atoms with E-state index in [1.54, 1.807) is 22.1 Å². The summed E-state index contributed by atoms with van der Waals surface area (Å²) in [5.41, 5.74) is 4.03. The van der Waals surface area contributed by atoms with Gasteiger partial charge in [-0.25, -0.2) is 4.68 Å². The fourth-order valence-corrected chi connectivity index (χ4v) is 3.97. The van der Waals surface area contributed by atoms with Crippen LogP contribution >= 0.6 is 11.3 Å². The average Bonchev–Trinajstić information content (AvgIpc) is 3.19. The molecule has 0 N–H and O–H groups in total. The van der Waals surface area contributed by atoms with E-state index in [0.29, 0.717) is 6.54 Å². The van der Waals surface area contributed by atoms with Gasteiger partial charge in [-0.2, -0.15) is 16.4 Å². The molecule has 0 amide bonds. The maximum atomic E-state index is 12.7. The number of piperidine rings is 1. The molecule has 0 bridgehead atoms. The lowest BCUT2D eigenvalue weighted by Gasteiger charge is -2.30. The van der Waals surface area contributed by atoms with Crippen molar-refractivity contribution < 1.29 is 0 Å². The van der Waals surface area contributed by atoms with Crippen LogP contribution in [0.1, 0.15) is 24.8 Å². The highest BCUT2D eigenvalue weighted by Gasteiger charge is 2.19. The Morgan fingerprint density at radius 1 is 1.04 bits per heavy atom. The molecule has 3 aromatic rings. The van der Waals surface area contributed by atoms with E-state index in [4.69, 9.17) is 5.10 Å². The van der Waals surface area contributed by atoms with E-state index < -0.39 is 0 Å². The summed E-state index contributed by atoms with van der Waals surface area (Å²) in [6.45, 7) is 2.50.